The first-order valence-electron chi connectivity index (χ1n) is 4.76. The summed E-state index contributed by atoms with van der Waals surface area (Å²) < 4.78 is 1.59. The number of Topliss-reactive ketones (excluding diaryl/α,β-unsaturated/α-hetero) is 1. The molecule has 1 aromatic rings. The molecule has 4 nitrogen and oxygen atoms in total. The Morgan fingerprint density at radius 3 is 2.53 bits per heavy atom. The second kappa shape index (κ2) is 4.77. The van der Waals surface area contributed by atoms with E-state index in [4.69, 9.17) is 11.6 Å². The normalized spacial score (nSPS) is 11.1. The van der Waals surface area contributed by atoms with Gasteiger partial charge >= 0.3 is 0 Å². The number of hydrogen-bond acceptors (Lipinski definition) is 3. The minimum absolute atomic E-state index is 0.151. The summed E-state index contributed by atoms with van der Waals surface area (Å²) in [4.78, 5) is 13.4. The highest BCUT2D eigenvalue weighted by molar-refractivity contribution is 6.30. The summed E-state index contributed by atoms with van der Waals surface area (Å²) in [5.74, 6) is 0.151. The molecule has 0 aromatic carbocycles. The highest BCUT2D eigenvalue weighted by atomic mass is 35.5. The fourth-order valence-corrected chi connectivity index (χ4v) is 1.72. The predicted octanol–water partition coefficient (Wildman–Crippen LogP) is 1.06. The monoisotopic (exact) mass is 229 g/mol. The molecule has 84 valence electrons. The average Bonchev–Trinajstić information content (AvgIpc) is 2.31. The van der Waals surface area contributed by atoms with Gasteiger partial charge in [-0.1, -0.05) is 11.6 Å². The van der Waals surface area contributed by atoms with Gasteiger partial charge < -0.3 is 4.90 Å². The molecular formula is C10H16ClN3O. The van der Waals surface area contributed by atoms with Crippen LogP contribution in [0.3, 0.4) is 0 Å². The van der Waals surface area contributed by atoms with Gasteiger partial charge in [0.1, 0.15) is 5.15 Å². The molecule has 0 atom stereocenters. The van der Waals surface area contributed by atoms with Gasteiger partial charge in [0.05, 0.1) is 12.2 Å². The number of nitrogens with zero attached hydrogens (tertiary/aromatic N) is 3. The van der Waals surface area contributed by atoms with Gasteiger partial charge in [-0.15, -0.1) is 0 Å². The zero-order chi connectivity index (χ0) is 11.6. The molecule has 0 unspecified atom stereocenters. The molecule has 0 aliphatic rings. The summed E-state index contributed by atoms with van der Waals surface area (Å²) in [7, 11) is 5.51. The van der Waals surface area contributed by atoms with Gasteiger partial charge in [0, 0.05) is 19.0 Å². The van der Waals surface area contributed by atoms with E-state index in [-0.39, 0.29) is 5.78 Å². The van der Waals surface area contributed by atoms with E-state index in [1.165, 1.54) is 0 Å². The number of carbonyl (C=O) groups excluding carboxylic acids is 1. The molecule has 0 radical (unpaired) electrons. The Morgan fingerprint density at radius 2 is 2.13 bits per heavy atom. The molecule has 0 spiro atoms. The number of rotatable bonds is 4. The summed E-state index contributed by atoms with van der Waals surface area (Å²) >= 11 is 6.03. The Kier molecular flexibility index (Phi) is 3.88. The first-order valence-corrected chi connectivity index (χ1v) is 5.14. The van der Waals surface area contributed by atoms with E-state index in [1.54, 1.807) is 11.7 Å². The van der Waals surface area contributed by atoms with E-state index in [1.807, 2.05) is 25.9 Å². The van der Waals surface area contributed by atoms with Gasteiger partial charge in [0.15, 0.2) is 5.78 Å². The van der Waals surface area contributed by atoms with E-state index < -0.39 is 0 Å². The number of hydrogen-bond donors (Lipinski definition) is 0. The summed E-state index contributed by atoms with van der Waals surface area (Å²) in [5, 5.41) is 4.72. The Balaban J connectivity index is 2.76. The van der Waals surface area contributed by atoms with Gasteiger partial charge in [-0.2, -0.15) is 5.10 Å². The van der Waals surface area contributed by atoms with Crippen molar-refractivity contribution in [3.8, 4) is 0 Å². The molecule has 0 saturated heterocycles. The average molecular weight is 230 g/mol. The molecule has 0 saturated carbocycles. The Hall–Kier alpha value is -0.870. The Bertz CT molecular complexity index is 371. The van der Waals surface area contributed by atoms with Crippen LogP contribution in [0, 0.1) is 6.92 Å². The van der Waals surface area contributed by atoms with Crippen LogP contribution in [-0.4, -0.2) is 41.1 Å². The molecule has 15 heavy (non-hydrogen) atoms. The molecule has 1 rings (SSSR count). The van der Waals surface area contributed by atoms with Crippen molar-refractivity contribution in [2.45, 2.75) is 13.3 Å². The second-order valence-corrected chi connectivity index (χ2v) is 4.29. The molecule has 0 aliphatic heterocycles. The van der Waals surface area contributed by atoms with Crippen LogP contribution in [0.2, 0.25) is 5.15 Å². The summed E-state index contributed by atoms with van der Waals surface area (Å²) in [6.45, 7) is 2.30. The van der Waals surface area contributed by atoms with Crippen LogP contribution in [0.25, 0.3) is 0 Å². The summed E-state index contributed by atoms with van der Waals surface area (Å²) in [5.41, 5.74) is 1.67. The van der Waals surface area contributed by atoms with Crippen molar-refractivity contribution in [3.05, 3.63) is 16.4 Å². The van der Waals surface area contributed by atoms with Crippen molar-refractivity contribution >= 4 is 17.4 Å². The zero-order valence-electron chi connectivity index (χ0n) is 9.54. The highest BCUT2D eigenvalue weighted by Crippen LogP contribution is 2.19. The minimum atomic E-state index is 0.151. The van der Waals surface area contributed by atoms with Crippen molar-refractivity contribution < 1.29 is 4.79 Å². The van der Waals surface area contributed by atoms with Crippen molar-refractivity contribution in [2.24, 2.45) is 7.05 Å². The van der Waals surface area contributed by atoms with Crippen molar-refractivity contribution in [1.29, 1.82) is 0 Å². The summed E-state index contributed by atoms with van der Waals surface area (Å²) in [6.07, 6.45) is 0.358. The van der Waals surface area contributed by atoms with Crippen molar-refractivity contribution in [2.75, 3.05) is 20.6 Å². The van der Waals surface area contributed by atoms with E-state index >= 15 is 0 Å². The third-order valence-electron chi connectivity index (χ3n) is 2.14. The smallest absolute Gasteiger partial charge is 0.151 e. The quantitative estimate of drug-likeness (QED) is 0.775. The topological polar surface area (TPSA) is 38.1 Å². The van der Waals surface area contributed by atoms with Gasteiger partial charge in [0.25, 0.3) is 0 Å². The van der Waals surface area contributed by atoms with Crippen LogP contribution in [0.5, 0.6) is 0 Å². The molecule has 0 N–H and O–H groups in total. The van der Waals surface area contributed by atoms with Crippen LogP contribution >= 0.6 is 11.6 Å². The Morgan fingerprint density at radius 1 is 1.53 bits per heavy atom. The lowest BCUT2D eigenvalue weighted by Crippen LogP contribution is -2.23. The third kappa shape index (κ3) is 3.04. The molecule has 1 heterocycles. The van der Waals surface area contributed by atoms with E-state index in [0.717, 1.165) is 11.3 Å². The lowest BCUT2D eigenvalue weighted by atomic mass is 10.1. The van der Waals surface area contributed by atoms with Crippen LogP contribution in [-0.2, 0) is 18.3 Å². The SMILES string of the molecule is Cc1nn(C)c(Cl)c1CC(=O)CN(C)C. The van der Waals surface area contributed by atoms with Crippen LogP contribution < -0.4 is 0 Å². The molecule has 1 aromatic heterocycles. The zero-order valence-corrected chi connectivity index (χ0v) is 10.3. The fourth-order valence-electron chi connectivity index (χ4n) is 1.48. The van der Waals surface area contributed by atoms with E-state index in [0.29, 0.717) is 18.1 Å². The van der Waals surface area contributed by atoms with Crippen LogP contribution in [0.1, 0.15) is 11.3 Å². The maximum atomic E-state index is 11.6. The minimum Gasteiger partial charge on any atom is -0.302 e. The fraction of sp³-hybridized carbons (Fsp3) is 0.600. The summed E-state index contributed by atoms with van der Waals surface area (Å²) in [6, 6.07) is 0. The van der Waals surface area contributed by atoms with Crippen molar-refractivity contribution in [3.63, 3.8) is 0 Å². The Labute approximate surface area is 94.8 Å². The van der Waals surface area contributed by atoms with E-state index in [2.05, 4.69) is 5.10 Å². The van der Waals surface area contributed by atoms with Gasteiger partial charge in [0.2, 0.25) is 0 Å². The largest absolute Gasteiger partial charge is 0.302 e. The van der Waals surface area contributed by atoms with Crippen LogP contribution in [0.4, 0.5) is 0 Å². The molecule has 5 heteroatoms. The maximum Gasteiger partial charge on any atom is 0.151 e. The predicted molar refractivity (Wildman–Crippen MR) is 60.2 cm³/mol. The number of ketones is 1. The number of likely N-dealkylation sites (N-methyl/N-ethyl adjacent to an activating group) is 1. The lowest BCUT2D eigenvalue weighted by molar-refractivity contribution is -0.119. The number of aryl methyl sites for hydroxylation is 2. The molecular weight excluding hydrogens is 214 g/mol. The molecule has 0 bridgehead atoms. The number of carbonyl (C=O) groups is 1. The standard InChI is InChI=1S/C10H16ClN3O/c1-7-9(10(11)14(4)12-7)5-8(15)6-13(2)3/h5-6H2,1-4H3. The second-order valence-electron chi connectivity index (χ2n) is 3.93. The molecule has 0 fully saturated rings. The first kappa shape index (κ1) is 12.2. The van der Waals surface area contributed by atoms with Gasteiger partial charge in [-0.05, 0) is 21.0 Å². The highest BCUT2D eigenvalue weighted by Gasteiger charge is 2.14. The maximum absolute atomic E-state index is 11.6. The first-order chi connectivity index (χ1) is 6.91. The number of halogens is 1. The van der Waals surface area contributed by atoms with E-state index in [9.17, 15) is 4.79 Å². The van der Waals surface area contributed by atoms with Crippen molar-refractivity contribution in [1.82, 2.24) is 14.7 Å². The third-order valence-corrected chi connectivity index (χ3v) is 2.61. The van der Waals surface area contributed by atoms with Crippen LogP contribution in [0.15, 0.2) is 0 Å². The molecule has 0 aliphatic carbocycles. The molecule has 0 amide bonds. The van der Waals surface area contributed by atoms with Gasteiger partial charge in [-0.3, -0.25) is 9.48 Å². The number of aromatic nitrogens is 2. The van der Waals surface area contributed by atoms with Gasteiger partial charge in [-0.25, -0.2) is 0 Å². The lowest BCUT2D eigenvalue weighted by Gasteiger charge is -2.07.